The molecule has 1 saturated heterocycles. The molecule has 3 rings (SSSR count). The Hall–Kier alpha value is -3.87. The van der Waals surface area contributed by atoms with Crippen molar-refractivity contribution in [3.8, 4) is 5.75 Å². The van der Waals surface area contributed by atoms with Crippen LogP contribution in [0, 0.1) is 29.2 Å². The molecule has 2 aromatic rings. The summed E-state index contributed by atoms with van der Waals surface area (Å²) in [6.07, 6.45) is -1.66. The lowest BCUT2D eigenvalue weighted by Crippen LogP contribution is -2.51. The first-order valence-electron chi connectivity index (χ1n) is 13.5. The average Bonchev–Trinajstić information content (AvgIpc) is 2.94. The Bertz CT molecular complexity index is 1220. The summed E-state index contributed by atoms with van der Waals surface area (Å²) in [5.74, 6) is -10.3. The highest BCUT2D eigenvalue weighted by Gasteiger charge is 2.33. The minimum absolute atomic E-state index is 0.0116. The third-order valence-electron chi connectivity index (χ3n) is 6.51. The molecule has 230 valence electrons. The van der Waals surface area contributed by atoms with Crippen molar-refractivity contribution in [2.45, 2.75) is 64.3 Å². The van der Waals surface area contributed by atoms with Gasteiger partial charge in [0.1, 0.15) is 18.3 Å². The number of esters is 1. The van der Waals surface area contributed by atoms with Gasteiger partial charge in [0.25, 0.3) is 0 Å². The minimum atomic E-state index is -1.80. The van der Waals surface area contributed by atoms with Gasteiger partial charge in [-0.15, -0.1) is 0 Å². The van der Waals surface area contributed by atoms with Crippen LogP contribution in [0.4, 0.5) is 22.4 Å². The molecule has 0 saturated carbocycles. The molecule has 42 heavy (non-hydrogen) atoms. The van der Waals surface area contributed by atoms with Gasteiger partial charge in [0.2, 0.25) is 17.5 Å². The number of carbonyl (C=O) groups is 3. The highest BCUT2D eigenvalue weighted by atomic mass is 19.2. The molecule has 0 aromatic heterocycles. The molecule has 0 aliphatic carbocycles. The third kappa shape index (κ3) is 9.33. The van der Waals surface area contributed by atoms with E-state index in [2.05, 4.69) is 10.6 Å². The fourth-order valence-electron chi connectivity index (χ4n) is 4.34. The molecule has 9 nitrogen and oxygen atoms in total. The summed E-state index contributed by atoms with van der Waals surface area (Å²) in [5, 5.41) is 16.1. The third-order valence-corrected chi connectivity index (χ3v) is 6.51. The van der Waals surface area contributed by atoms with Crippen LogP contribution in [0.25, 0.3) is 0 Å². The van der Waals surface area contributed by atoms with Crippen molar-refractivity contribution in [2.24, 2.45) is 5.92 Å². The van der Waals surface area contributed by atoms with Crippen molar-refractivity contribution in [2.75, 3.05) is 19.7 Å². The zero-order valence-corrected chi connectivity index (χ0v) is 23.6. The van der Waals surface area contributed by atoms with Gasteiger partial charge in [-0.2, -0.15) is 8.78 Å². The summed E-state index contributed by atoms with van der Waals surface area (Å²) in [4.78, 5) is 39.7. The van der Waals surface area contributed by atoms with Gasteiger partial charge in [0, 0.05) is 31.6 Å². The highest BCUT2D eigenvalue weighted by Crippen LogP contribution is 2.27. The smallest absolute Gasteiger partial charge is 0.317 e. The maximum absolute atomic E-state index is 14.0. The summed E-state index contributed by atoms with van der Waals surface area (Å²) < 4.78 is 65.2. The molecule has 1 fully saturated rings. The van der Waals surface area contributed by atoms with Crippen molar-refractivity contribution in [1.82, 2.24) is 15.5 Å². The first kappa shape index (κ1) is 32.6. The lowest BCUT2D eigenvalue weighted by Gasteiger charge is -2.33. The van der Waals surface area contributed by atoms with E-state index in [1.165, 1.54) is 0 Å². The Balaban J connectivity index is 1.60. The molecule has 0 radical (unpaired) electrons. The van der Waals surface area contributed by atoms with E-state index in [0.29, 0.717) is 19.4 Å². The van der Waals surface area contributed by atoms with Crippen molar-refractivity contribution < 1.29 is 46.5 Å². The predicted molar refractivity (Wildman–Crippen MR) is 143 cm³/mol. The van der Waals surface area contributed by atoms with Crippen molar-refractivity contribution >= 4 is 17.9 Å². The van der Waals surface area contributed by atoms with Crippen LogP contribution in [0.5, 0.6) is 5.75 Å². The molecule has 1 unspecified atom stereocenters. The number of carbonyl (C=O) groups excluding carboxylic acids is 3. The van der Waals surface area contributed by atoms with Crippen molar-refractivity contribution in [1.29, 1.82) is 0 Å². The maximum Gasteiger partial charge on any atom is 0.317 e. The number of nitrogens with zero attached hydrogens (tertiary/aromatic N) is 1. The number of halogens is 4. The van der Waals surface area contributed by atoms with E-state index < -0.39 is 77.6 Å². The number of aliphatic hydroxyl groups excluding tert-OH is 1. The fourth-order valence-corrected chi connectivity index (χ4v) is 4.34. The van der Waals surface area contributed by atoms with Crippen LogP contribution >= 0.6 is 0 Å². The number of urea groups is 1. The van der Waals surface area contributed by atoms with Crippen LogP contribution in [0.3, 0.4) is 0 Å². The van der Waals surface area contributed by atoms with E-state index in [1.54, 1.807) is 25.7 Å². The molecule has 3 N–H and O–H groups in total. The highest BCUT2D eigenvalue weighted by molar-refractivity contribution is 5.81. The van der Waals surface area contributed by atoms with Crippen LogP contribution in [-0.2, 0) is 20.9 Å². The summed E-state index contributed by atoms with van der Waals surface area (Å²) in [6.45, 7) is 4.85. The molecule has 2 atom stereocenters. The van der Waals surface area contributed by atoms with Gasteiger partial charge < -0.3 is 30.1 Å². The van der Waals surface area contributed by atoms with Crippen LogP contribution < -0.4 is 15.4 Å². The Morgan fingerprint density at radius 1 is 1.02 bits per heavy atom. The van der Waals surface area contributed by atoms with E-state index >= 15 is 0 Å². The van der Waals surface area contributed by atoms with Gasteiger partial charge in [-0.1, -0.05) is 30.3 Å². The van der Waals surface area contributed by atoms with E-state index in [0.717, 1.165) is 5.56 Å². The summed E-state index contributed by atoms with van der Waals surface area (Å²) >= 11 is 0. The largest absolute Gasteiger partial charge is 0.485 e. The zero-order valence-electron chi connectivity index (χ0n) is 23.6. The molecule has 1 aliphatic rings. The van der Waals surface area contributed by atoms with E-state index in [4.69, 9.17) is 9.47 Å². The number of nitrogens with one attached hydrogen (secondary N) is 2. The molecule has 0 bridgehead atoms. The monoisotopic (exact) mass is 597 g/mol. The quantitative estimate of drug-likeness (QED) is 0.218. The number of hydrogen-bond acceptors (Lipinski definition) is 6. The minimum Gasteiger partial charge on any atom is -0.485 e. The number of aliphatic hydroxyl groups is 1. The van der Waals surface area contributed by atoms with Gasteiger partial charge in [0.15, 0.2) is 17.4 Å². The van der Waals surface area contributed by atoms with Crippen molar-refractivity contribution in [3.05, 3.63) is 65.2 Å². The molecule has 2 aromatic carbocycles. The van der Waals surface area contributed by atoms with Gasteiger partial charge >= 0.3 is 12.0 Å². The summed E-state index contributed by atoms with van der Waals surface area (Å²) in [7, 11) is 0. The first-order valence-corrected chi connectivity index (χ1v) is 13.5. The number of rotatable bonds is 10. The standard InChI is InChI=1S/C29H35F4N3O6/c1-29(2,3)42-23(38)14-21(22(37)16-41-26-24(32)19(30)13-20(31)25(26)33)35-27(39)18-9-11-36(12-10-18)28(40)34-15-17-7-5-4-6-8-17/h4-8,13,18,21-22,37H,9-12,14-16H2,1-3H3,(H,34,40)(H,35,39)/t21-,22?/m0/s1. The molecule has 13 heteroatoms. The molecular weight excluding hydrogens is 562 g/mol. The number of likely N-dealkylation sites (tertiary alicyclic amines) is 1. The second-order valence-electron chi connectivity index (χ2n) is 11.0. The molecule has 0 spiro atoms. The molecule has 1 heterocycles. The van der Waals surface area contributed by atoms with Crippen LogP contribution in [0.15, 0.2) is 36.4 Å². The summed E-state index contributed by atoms with van der Waals surface area (Å²) in [6, 6.07) is 7.77. The van der Waals surface area contributed by atoms with Gasteiger partial charge in [0.05, 0.1) is 12.5 Å². The van der Waals surface area contributed by atoms with Crippen molar-refractivity contribution in [3.63, 3.8) is 0 Å². The second kappa shape index (κ2) is 14.3. The van der Waals surface area contributed by atoms with Gasteiger partial charge in [-0.05, 0) is 39.2 Å². The fraction of sp³-hybridized carbons (Fsp3) is 0.483. The predicted octanol–water partition coefficient (Wildman–Crippen LogP) is 3.82. The molecule has 1 aliphatic heterocycles. The number of piperidine rings is 1. The first-order chi connectivity index (χ1) is 19.7. The van der Waals surface area contributed by atoms with Gasteiger partial charge in [-0.3, -0.25) is 9.59 Å². The lowest BCUT2D eigenvalue weighted by atomic mass is 9.95. The Labute approximate surface area is 241 Å². The van der Waals surface area contributed by atoms with E-state index in [-0.39, 0.29) is 25.2 Å². The molecule has 3 amide bonds. The van der Waals surface area contributed by atoms with Gasteiger partial charge in [-0.25, -0.2) is 13.6 Å². The SMILES string of the molecule is CC(C)(C)OC(=O)C[C@H](NC(=O)C1CCN(C(=O)NCc2ccccc2)CC1)C(O)COc1c(F)c(F)cc(F)c1F. The zero-order chi connectivity index (χ0) is 31.0. The number of ether oxygens (including phenoxy) is 2. The number of amides is 3. The van der Waals surface area contributed by atoms with Crippen LogP contribution in [0.2, 0.25) is 0 Å². The maximum atomic E-state index is 14.0. The van der Waals surface area contributed by atoms with E-state index in [9.17, 15) is 37.1 Å². The normalized spacial score (nSPS) is 15.5. The summed E-state index contributed by atoms with van der Waals surface area (Å²) in [5.41, 5.74) is 0.0542. The Morgan fingerprint density at radius 2 is 1.62 bits per heavy atom. The lowest BCUT2D eigenvalue weighted by molar-refractivity contribution is -0.156. The topological polar surface area (TPSA) is 117 Å². The Kier molecular flexibility index (Phi) is 11.1. The number of benzene rings is 2. The number of hydrogen-bond donors (Lipinski definition) is 3. The second-order valence-corrected chi connectivity index (χ2v) is 11.0. The molecular formula is C29H35F4N3O6. The van der Waals surface area contributed by atoms with Crippen LogP contribution in [0.1, 0.15) is 45.6 Å². The average molecular weight is 598 g/mol. The van der Waals surface area contributed by atoms with Crippen LogP contribution in [-0.4, -0.2) is 65.4 Å². The van der Waals surface area contributed by atoms with E-state index in [1.807, 2.05) is 30.3 Å². The Morgan fingerprint density at radius 3 is 2.19 bits per heavy atom.